The zero-order valence-corrected chi connectivity index (χ0v) is 13.8. The number of hydrogen-bond acceptors (Lipinski definition) is 3. The molecule has 1 saturated carbocycles. The normalized spacial score (nSPS) is 20.7. The smallest absolute Gasteiger partial charge is 0.319 e. The molecular formula is C17H24N2O4. The number of benzene rings is 1. The van der Waals surface area contributed by atoms with Crippen molar-refractivity contribution in [2.45, 2.75) is 45.6 Å². The number of anilines is 1. The number of carbonyl (C=O) groups is 2. The molecule has 2 amide bonds. The minimum absolute atomic E-state index is 0.0326. The van der Waals surface area contributed by atoms with E-state index in [0.29, 0.717) is 25.7 Å². The van der Waals surface area contributed by atoms with E-state index in [2.05, 4.69) is 10.6 Å². The van der Waals surface area contributed by atoms with Crippen molar-refractivity contribution in [1.82, 2.24) is 5.32 Å². The fraction of sp³-hybridized carbons (Fsp3) is 0.529. The number of aliphatic carboxylic acids is 1. The maximum atomic E-state index is 12.1. The van der Waals surface area contributed by atoms with E-state index in [1.54, 1.807) is 7.11 Å². The van der Waals surface area contributed by atoms with E-state index >= 15 is 0 Å². The van der Waals surface area contributed by atoms with Crippen molar-refractivity contribution in [3.63, 3.8) is 0 Å². The van der Waals surface area contributed by atoms with E-state index in [0.717, 1.165) is 22.6 Å². The van der Waals surface area contributed by atoms with Gasteiger partial charge in [-0.1, -0.05) is 0 Å². The Hall–Kier alpha value is -2.24. The van der Waals surface area contributed by atoms with Crippen molar-refractivity contribution >= 4 is 17.7 Å². The molecule has 0 heterocycles. The highest BCUT2D eigenvalue weighted by Crippen LogP contribution is 2.27. The number of aryl methyl sites for hydroxylation is 2. The molecule has 126 valence electrons. The molecule has 0 spiro atoms. The molecule has 0 aliphatic heterocycles. The predicted molar refractivity (Wildman–Crippen MR) is 88.0 cm³/mol. The Morgan fingerprint density at radius 1 is 1.13 bits per heavy atom. The fourth-order valence-electron chi connectivity index (χ4n) is 2.97. The van der Waals surface area contributed by atoms with Crippen molar-refractivity contribution in [2.24, 2.45) is 5.92 Å². The van der Waals surface area contributed by atoms with E-state index in [-0.39, 0.29) is 18.0 Å². The van der Waals surface area contributed by atoms with Gasteiger partial charge in [0.05, 0.1) is 13.0 Å². The van der Waals surface area contributed by atoms with Crippen LogP contribution in [0.2, 0.25) is 0 Å². The molecule has 23 heavy (non-hydrogen) atoms. The molecule has 0 radical (unpaired) electrons. The SMILES string of the molecule is COc1cc(C)c(NC(=O)NC2CCC(C(=O)O)CC2)cc1C. The van der Waals surface area contributed by atoms with Crippen molar-refractivity contribution in [3.8, 4) is 5.75 Å². The summed E-state index contributed by atoms with van der Waals surface area (Å²) in [5.41, 5.74) is 2.63. The molecule has 6 nitrogen and oxygen atoms in total. The van der Waals surface area contributed by atoms with E-state index in [9.17, 15) is 9.59 Å². The average Bonchev–Trinajstić information content (AvgIpc) is 2.51. The van der Waals surface area contributed by atoms with Gasteiger partial charge in [0, 0.05) is 11.7 Å². The van der Waals surface area contributed by atoms with Crippen LogP contribution >= 0.6 is 0 Å². The number of ether oxygens (including phenoxy) is 1. The molecule has 1 fully saturated rings. The Morgan fingerprint density at radius 3 is 2.35 bits per heavy atom. The molecule has 0 atom stereocenters. The van der Waals surface area contributed by atoms with Crippen LogP contribution in [0.1, 0.15) is 36.8 Å². The van der Waals surface area contributed by atoms with Gasteiger partial charge in [0.1, 0.15) is 5.75 Å². The largest absolute Gasteiger partial charge is 0.496 e. The number of urea groups is 1. The molecule has 1 aliphatic rings. The third-order valence-corrected chi connectivity index (χ3v) is 4.40. The third-order valence-electron chi connectivity index (χ3n) is 4.40. The minimum Gasteiger partial charge on any atom is -0.496 e. The van der Waals surface area contributed by atoms with Crippen molar-refractivity contribution in [1.29, 1.82) is 0 Å². The molecule has 2 rings (SSSR count). The third kappa shape index (κ3) is 4.37. The Labute approximate surface area is 136 Å². The maximum absolute atomic E-state index is 12.1. The van der Waals surface area contributed by atoms with Gasteiger partial charge in [-0.25, -0.2) is 4.79 Å². The van der Waals surface area contributed by atoms with Crippen LogP contribution in [0.3, 0.4) is 0 Å². The summed E-state index contributed by atoms with van der Waals surface area (Å²) in [5, 5.41) is 14.8. The molecular weight excluding hydrogens is 296 g/mol. The summed E-state index contributed by atoms with van der Waals surface area (Å²) in [6, 6.07) is 3.56. The highest BCUT2D eigenvalue weighted by molar-refractivity contribution is 5.90. The lowest BCUT2D eigenvalue weighted by atomic mass is 9.86. The molecule has 3 N–H and O–H groups in total. The van der Waals surface area contributed by atoms with Crippen LogP contribution in [0.5, 0.6) is 5.75 Å². The van der Waals surface area contributed by atoms with Crippen LogP contribution in [-0.2, 0) is 4.79 Å². The van der Waals surface area contributed by atoms with Gasteiger partial charge in [-0.15, -0.1) is 0 Å². The first-order valence-electron chi connectivity index (χ1n) is 7.86. The van der Waals surface area contributed by atoms with Crippen LogP contribution < -0.4 is 15.4 Å². The zero-order valence-electron chi connectivity index (χ0n) is 13.8. The topological polar surface area (TPSA) is 87.7 Å². The summed E-state index contributed by atoms with van der Waals surface area (Å²) in [7, 11) is 1.62. The Morgan fingerprint density at radius 2 is 1.78 bits per heavy atom. The summed E-state index contributed by atoms with van der Waals surface area (Å²) < 4.78 is 5.26. The first-order chi connectivity index (χ1) is 10.9. The summed E-state index contributed by atoms with van der Waals surface area (Å²) in [5.74, 6) is -0.222. The lowest BCUT2D eigenvalue weighted by molar-refractivity contribution is -0.142. The number of carbonyl (C=O) groups excluding carboxylic acids is 1. The molecule has 0 bridgehead atoms. The van der Waals surface area contributed by atoms with Gasteiger partial charge in [-0.05, 0) is 62.8 Å². The number of nitrogens with one attached hydrogen (secondary N) is 2. The Balaban J connectivity index is 1.91. The zero-order chi connectivity index (χ0) is 17.0. The lowest BCUT2D eigenvalue weighted by Crippen LogP contribution is -2.41. The first kappa shape index (κ1) is 17.1. The van der Waals surface area contributed by atoms with Gasteiger partial charge in [0.15, 0.2) is 0 Å². The summed E-state index contributed by atoms with van der Waals surface area (Å²) in [6.45, 7) is 3.84. The second kappa shape index (κ2) is 7.35. The monoisotopic (exact) mass is 320 g/mol. The summed E-state index contributed by atoms with van der Waals surface area (Å²) in [4.78, 5) is 23.1. The maximum Gasteiger partial charge on any atom is 0.319 e. The van der Waals surface area contributed by atoms with Crippen LogP contribution in [-0.4, -0.2) is 30.3 Å². The van der Waals surface area contributed by atoms with E-state index in [4.69, 9.17) is 9.84 Å². The van der Waals surface area contributed by atoms with Crippen LogP contribution in [0, 0.1) is 19.8 Å². The Bertz CT molecular complexity index is 593. The molecule has 1 aliphatic carbocycles. The lowest BCUT2D eigenvalue weighted by Gasteiger charge is -2.27. The number of methoxy groups -OCH3 is 1. The second-order valence-corrected chi connectivity index (χ2v) is 6.12. The average molecular weight is 320 g/mol. The molecule has 0 saturated heterocycles. The van der Waals surface area contributed by atoms with Crippen molar-refractivity contribution < 1.29 is 19.4 Å². The number of amides is 2. The molecule has 0 unspecified atom stereocenters. The van der Waals surface area contributed by atoms with Gasteiger partial charge in [-0.2, -0.15) is 0 Å². The fourth-order valence-corrected chi connectivity index (χ4v) is 2.97. The molecule has 1 aromatic carbocycles. The van der Waals surface area contributed by atoms with E-state index in [1.165, 1.54) is 0 Å². The highest BCUT2D eigenvalue weighted by atomic mass is 16.5. The van der Waals surface area contributed by atoms with Gasteiger partial charge in [0.2, 0.25) is 0 Å². The van der Waals surface area contributed by atoms with Gasteiger partial charge < -0.3 is 20.5 Å². The van der Waals surface area contributed by atoms with Crippen LogP contribution in [0.15, 0.2) is 12.1 Å². The Kier molecular flexibility index (Phi) is 5.47. The van der Waals surface area contributed by atoms with Gasteiger partial charge in [0.25, 0.3) is 0 Å². The second-order valence-electron chi connectivity index (χ2n) is 6.12. The summed E-state index contributed by atoms with van der Waals surface area (Å²) in [6.07, 6.45) is 2.62. The predicted octanol–water partition coefficient (Wildman–Crippen LogP) is 3.08. The van der Waals surface area contributed by atoms with Crippen molar-refractivity contribution in [2.75, 3.05) is 12.4 Å². The number of carboxylic acid groups (broad SMARTS) is 1. The quantitative estimate of drug-likeness (QED) is 0.795. The van der Waals surface area contributed by atoms with Crippen molar-refractivity contribution in [3.05, 3.63) is 23.3 Å². The number of carboxylic acids is 1. The number of rotatable bonds is 4. The van der Waals surface area contributed by atoms with Gasteiger partial charge in [-0.3, -0.25) is 4.79 Å². The van der Waals surface area contributed by atoms with E-state index < -0.39 is 5.97 Å². The molecule has 0 aromatic heterocycles. The minimum atomic E-state index is -0.739. The van der Waals surface area contributed by atoms with E-state index in [1.807, 2.05) is 26.0 Å². The van der Waals surface area contributed by atoms with Gasteiger partial charge >= 0.3 is 12.0 Å². The van der Waals surface area contributed by atoms with Crippen LogP contribution in [0.4, 0.5) is 10.5 Å². The summed E-state index contributed by atoms with van der Waals surface area (Å²) >= 11 is 0. The number of hydrogen-bond donors (Lipinski definition) is 3. The molecule has 6 heteroatoms. The first-order valence-corrected chi connectivity index (χ1v) is 7.86. The van der Waals surface area contributed by atoms with Crippen LogP contribution in [0.25, 0.3) is 0 Å². The molecule has 1 aromatic rings. The standard InChI is InChI=1S/C17H24N2O4/c1-10-9-15(23-3)11(2)8-14(10)19-17(22)18-13-6-4-12(5-7-13)16(20)21/h8-9,12-13H,4-7H2,1-3H3,(H,20,21)(H2,18,19,22). The highest BCUT2D eigenvalue weighted by Gasteiger charge is 2.26.